The summed E-state index contributed by atoms with van der Waals surface area (Å²) in [7, 11) is 0. The molecule has 0 aromatic carbocycles. The fraction of sp³-hybridized carbons (Fsp3) is 0.545. The van der Waals surface area contributed by atoms with E-state index in [0.29, 0.717) is 0 Å². The van der Waals surface area contributed by atoms with Gasteiger partial charge in [-0.15, -0.1) is 0 Å². The standard InChI is InChI=1S/C11H17NO2/c1-2-12-10(8-11(13)14)9-6-4-3-5-7-9/h4,6-7,10,12H,2-3,5,8H2,1H3,(H,13,14). The van der Waals surface area contributed by atoms with Crippen LogP contribution in [-0.4, -0.2) is 23.7 Å². The van der Waals surface area contributed by atoms with E-state index < -0.39 is 5.97 Å². The highest BCUT2D eigenvalue weighted by molar-refractivity contribution is 5.68. The maximum atomic E-state index is 10.6. The molecule has 0 saturated heterocycles. The van der Waals surface area contributed by atoms with Gasteiger partial charge in [-0.05, 0) is 25.0 Å². The molecule has 1 aliphatic carbocycles. The number of hydrogen-bond donors (Lipinski definition) is 2. The van der Waals surface area contributed by atoms with Gasteiger partial charge >= 0.3 is 5.97 Å². The summed E-state index contributed by atoms with van der Waals surface area (Å²) in [4.78, 5) is 10.6. The van der Waals surface area contributed by atoms with E-state index in [1.807, 2.05) is 13.0 Å². The first-order chi connectivity index (χ1) is 6.74. The Kier molecular flexibility index (Phi) is 4.40. The van der Waals surface area contributed by atoms with Crippen LogP contribution in [-0.2, 0) is 4.79 Å². The average Bonchev–Trinajstić information content (AvgIpc) is 2.18. The Morgan fingerprint density at radius 3 is 2.93 bits per heavy atom. The molecule has 0 saturated carbocycles. The van der Waals surface area contributed by atoms with E-state index >= 15 is 0 Å². The molecule has 0 aromatic heterocycles. The maximum Gasteiger partial charge on any atom is 0.305 e. The Hall–Kier alpha value is -1.09. The fourth-order valence-electron chi connectivity index (χ4n) is 1.62. The van der Waals surface area contributed by atoms with Crippen LogP contribution in [0.15, 0.2) is 23.8 Å². The smallest absolute Gasteiger partial charge is 0.305 e. The van der Waals surface area contributed by atoms with Gasteiger partial charge in [0.05, 0.1) is 6.42 Å². The third kappa shape index (κ3) is 3.34. The van der Waals surface area contributed by atoms with Gasteiger partial charge in [-0.1, -0.05) is 25.2 Å². The molecule has 2 N–H and O–H groups in total. The van der Waals surface area contributed by atoms with Crippen molar-refractivity contribution in [2.75, 3.05) is 6.54 Å². The SMILES string of the molecule is CCNC(CC(=O)O)C1=CCCC=C1. The number of carboxylic acid groups (broad SMARTS) is 1. The molecular formula is C11H17NO2. The fourth-order valence-corrected chi connectivity index (χ4v) is 1.62. The number of rotatable bonds is 5. The number of hydrogen-bond acceptors (Lipinski definition) is 2. The Balaban J connectivity index is 2.61. The van der Waals surface area contributed by atoms with E-state index in [2.05, 4.69) is 17.5 Å². The molecule has 0 spiro atoms. The number of likely N-dealkylation sites (N-methyl/N-ethyl adjacent to an activating group) is 1. The summed E-state index contributed by atoms with van der Waals surface area (Å²) >= 11 is 0. The average molecular weight is 195 g/mol. The van der Waals surface area contributed by atoms with Crippen LogP contribution in [0.25, 0.3) is 0 Å². The molecule has 0 aliphatic heterocycles. The minimum atomic E-state index is -0.754. The van der Waals surface area contributed by atoms with Gasteiger partial charge in [0.15, 0.2) is 0 Å². The van der Waals surface area contributed by atoms with Crippen molar-refractivity contribution in [3.63, 3.8) is 0 Å². The van der Waals surface area contributed by atoms with Crippen molar-refractivity contribution in [3.8, 4) is 0 Å². The zero-order valence-corrected chi connectivity index (χ0v) is 8.49. The summed E-state index contributed by atoms with van der Waals surface area (Å²) in [5, 5.41) is 11.9. The first-order valence-corrected chi connectivity index (χ1v) is 5.05. The van der Waals surface area contributed by atoms with Crippen molar-refractivity contribution < 1.29 is 9.90 Å². The van der Waals surface area contributed by atoms with E-state index in [-0.39, 0.29) is 12.5 Å². The van der Waals surface area contributed by atoms with Gasteiger partial charge in [-0.3, -0.25) is 4.79 Å². The third-order valence-electron chi connectivity index (χ3n) is 2.26. The van der Waals surface area contributed by atoms with Crippen LogP contribution >= 0.6 is 0 Å². The minimum absolute atomic E-state index is 0.0333. The lowest BCUT2D eigenvalue weighted by Crippen LogP contribution is -2.32. The van der Waals surface area contributed by atoms with E-state index in [9.17, 15) is 4.79 Å². The van der Waals surface area contributed by atoms with Crippen molar-refractivity contribution in [3.05, 3.63) is 23.8 Å². The van der Waals surface area contributed by atoms with Gasteiger partial charge in [0.1, 0.15) is 0 Å². The summed E-state index contributed by atoms with van der Waals surface area (Å²) in [6, 6.07) is -0.0333. The molecule has 0 heterocycles. The quantitative estimate of drug-likeness (QED) is 0.702. The second kappa shape index (κ2) is 5.60. The molecule has 1 unspecified atom stereocenters. The predicted octanol–water partition coefficient (Wildman–Crippen LogP) is 1.72. The molecule has 78 valence electrons. The van der Waals surface area contributed by atoms with Crippen LogP contribution in [0.2, 0.25) is 0 Å². The van der Waals surface area contributed by atoms with Crippen molar-refractivity contribution in [1.82, 2.24) is 5.32 Å². The number of allylic oxidation sites excluding steroid dienone is 2. The van der Waals surface area contributed by atoms with Gasteiger partial charge in [0.2, 0.25) is 0 Å². The molecule has 3 heteroatoms. The summed E-state index contributed by atoms with van der Waals surface area (Å²) < 4.78 is 0. The minimum Gasteiger partial charge on any atom is -0.481 e. The maximum absolute atomic E-state index is 10.6. The van der Waals surface area contributed by atoms with Crippen molar-refractivity contribution >= 4 is 5.97 Å². The molecule has 1 rings (SSSR count). The topological polar surface area (TPSA) is 49.3 Å². The molecule has 0 fully saturated rings. The zero-order valence-electron chi connectivity index (χ0n) is 8.49. The lowest BCUT2D eigenvalue weighted by molar-refractivity contribution is -0.137. The molecular weight excluding hydrogens is 178 g/mol. The number of carbonyl (C=O) groups is 1. The highest BCUT2D eigenvalue weighted by atomic mass is 16.4. The second-order valence-electron chi connectivity index (χ2n) is 3.39. The van der Waals surface area contributed by atoms with Gasteiger partial charge in [-0.2, -0.15) is 0 Å². The highest BCUT2D eigenvalue weighted by Crippen LogP contribution is 2.15. The normalized spacial score (nSPS) is 17.6. The molecule has 1 atom stereocenters. The summed E-state index contributed by atoms with van der Waals surface area (Å²) in [5.41, 5.74) is 1.11. The number of nitrogens with one attached hydrogen (secondary N) is 1. The van der Waals surface area contributed by atoms with E-state index in [0.717, 1.165) is 25.0 Å². The lowest BCUT2D eigenvalue weighted by Gasteiger charge is -2.19. The van der Waals surface area contributed by atoms with Crippen molar-refractivity contribution in [1.29, 1.82) is 0 Å². The zero-order chi connectivity index (χ0) is 10.4. The van der Waals surface area contributed by atoms with Crippen molar-refractivity contribution in [2.24, 2.45) is 0 Å². The summed E-state index contributed by atoms with van der Waals surface area (Å²) in [5.74, 6) is -0.754. The van der Waals surface area contributed by atoms with Gasteiger partial charge in [0.25, 0.3) is 0 Å². The van der Waals surface area contributed by atoms with Gasteiger partial charge in [0, 0.05) is 6.04 Å². The Morgan fingerprint density at radius 2 is 2.43 bits per heavy atom. The molecule has 0 aromatic rings. The number of carboxylic acids is 1. The van der Waals surface area contributed by atoms with Crippen LogP contribution in [0.4, 0.5) is 0 Å². The molecule has 0 bridgehead atoms. The largest absolute Gasteiger partial charge is 0.481 e. The Labute approximate surface area is 84.5 Å². The van der Waals surface area contributed by atoms with Crippen LogP contribution in [0, 0.1) is 0 Å². The lowest BCUT2D eigenvalue weighted by atomic mass is 9.98. The first-order valence-electron chi connectivity index (χ1n) is 5.05. The van der Waals surface area contributed by atoms with Crippen LogP contribution in [0.5, 0.6) is 0 Å². The van der Waals surface area contributed by atoms with E-state index in [1.54, 1.807) is 0 Å². The predicted molar refractivity (Wildman–Crippen MR) is 56.2 cm³/mol. The second-order valence-corrected chi connectivity index (χ2v) is 3.39. The summed E-state index contributed by atoms with van der Waals surface area (Å²) in [6.07, 6.45) is 8.49. The molecule has 0 radical (unpaired) electrons. The first kappa shape index (κ1) is 11.0. The molecule has 14 heavy (non-hydrogen) atoms. The highest BCUT2D eigenvalue weighted by Gasteiger charge is 2.15. The molecule has 3 nitrogen and oxygen atoms in total. The Bertz CT molecular complexity index is 256. The van der Waals surface area contributed by atoms with Crippen LogP contribution < -0.4 is 5.32 Å². The third-order valence-corrected chi connectivity index (χ3v) is 2.26. The van der Waals surface area contributed by atoms with Gasteiger partial charge in [-0.25, -0.2) is 0 Å². The molecule has 1 aliphatic rings. The van der Waals surface area contributed by atoms with Crippen LogP contribution in [0.3, 0.4) is 0 Å². The van der Waals surface area contributed by atoms with Gasteiger partial charge < -0.3 is 10.4 Å². The Morgan fingerprint density at radius 1 is 1.64 bits per heavy atom. The van der Waals surface area contributed by atoms with E-state index in [1.165, 1.54) is 0 Å². The molecule has 0 amide bonds. The van der Waals surface area contributed by atoms with E-state index in [4.69, 9.17) is 5.11 Å². The van der Waals surface area contributed by atoms with Crippen molar-refractivity contribution in [2.45, 2.75) is 32.2 Å². The monoisotopic (exact) mass is 195 g/mol. The number of aliphatic carboxylic acids is 1. The van der Waals surface area contributed by atoms with Crippen LogP contribution in [0.1, 0.15) is 26.2 Å². The summed E-state index contributed by atoms with van der Waals surface area (Å²) in [6.45, 7) is 2.78.